The number of nitrogens with zero attached hydrogens (tertiary/aromatic N) is 3. The van der Waals surface area contributed by atoms with Crippen molar-refractivity contribution in [2.75, 3.05) is 13.4 Å². The lowest BCUT2D eigenvalue weighted by Gasteiger charge is -2.06. The maximum absolute atomic E-state index is 14.3. The molecule has 0 saturated carbocycles. The molecule has 9 heteroatoms. The molecule has 1 atom stereocenters. The van der Waals surface area contributed by atoms with Gasteiger partial charge in [0.15, 0.2) is 0 Å². The molecular weight excluding hydrogens is 373 g/mol. The number of aryl methyl sites for hydroxylation is 1. The third-order valence-electron chi connectivity index (χ3n) is 3.74. The Labute approximate surface area is 155 Å². The van der Waals surface area contributed by atoms with Gasteiger partial charge >= 0.3 is 0 Å². The molecule has 1 aromatic heterocycles. The molecule has 0 bridgehead atoms. The van der Waals surface area contributed by atoms with E-state index in [9.17, 15) is 13.4 Å². The van der Waals surface area contributed by atoms with Crippen LogP contribution in [-0.4, -0.2) is 33.6 Å². The van der Waals surface area contributed by atoms with Crippen molar-refractivity contribution in [3.05, 3.63) is 59.7 Å². The van der Waals surface area contributed by atoms with Crippen LogP contribution in [-0.2, 0) is 9.73 Å². The molecule has 0 aliphatic carbocycles. The molecule has 1 heterocycles. The minimum atomic E-state index is -3.00. The lowest BCUT2D eigenvalue weighted by Crippen LogP contribution is -2.04. The molecule has 0 aliphatic heterocycles. The Morgan fingerprint density at radius 3 is 2.48 bits per heavy atom. The van der Waals surface area contributed by atoms with E-state index in [1.165, 1.54) is 25.5 Å². The van der Waals surface area contributed by atoms with Crippen LogP contribution in [0.2, 0.25) is 0 Å². The van der Waals surface area contributed by atoms with Crippen LogP contribution in [0.15, 0.2) is 56.2 Å². The summed E-state index contributed by atoms with van der Waals surface area (Å²) in [6.07, 6.45) is 1.35. The lowest BCUT2D eigenvalue weighted by atomic mass is 10.1. The fourth-order valence-electron chi connectivity index (χ4n) is 2.33. The quantitative estimate of drug-likeness (QED) is 0.678. The van der Waals surface area contributed by atoms with Crippen molar-refractivity contribution in [3.8, 4) is 17.1 Å². The van der Waals surface area contributed by atoms with E-state index in [2.05, 4.69) is 14.5 Å². The van der Waals surface area contributed by atoms with Crippen LogP contribution in [0.4, 0.5) is 4.39 Å². The number of amides is 1. The molecular formula is C18H16FN3O4S. The molecule has 3 rings (SSSR count). The molecule has 0 aliphatic rings. The molecule has 2 aromatic carbocycles. The van der Waals surface area contributed by atoms with E-state index in [1.807, 2.05) is 0 Å². The van der Waals surface area contributed by atoms with Gasteiger partial charge in [0, 0.05) is 23.6 Å². The SMILES string of the molecule is COc1ccc(S(C)(=O)=NC(=O)c2ccc(-c3noc(C)n3)c(F)c2)cc1. The second-order valence-electron chi connectivity index (χ2n) is 5.71. The highest BCUT2D eigenvalue weighted by atomic mass is 32.2. The van der Waals surface area contributed by atoms with E-state index in [0.29, 0.717) is 16.5 Å². The Kier molecular flexibility index (Phi) is 5.04. The first kappa shape index (κ1) is 18.7. The standard InChI is InChI=1S/C18H16FN3O4S/c1-11-20-17(21-26-11)15-9-4-12(10-16(15)19)18(23)22-27(3,24)14-7-5-13(25-2)6-8-14/h4-10H,1-3H3. The number of aromatic nitrogens is 2. The minimum Gasteiger partial charge on any atom is -0.497 e. The third-order valence-corrected chi connectivity index (χ3v) is 5.40. The van der Waals surface area contributed by atoms with E-state index in [4.69, 9.17) is 9.26 Å². The van der Waals surface area contributed by atoms with Gasteiger partial charge in [0.1, 0.15) is 11.6 Å². The number of rotatable bonds is 4. The molecule has 1 unspecified atom stereocenters. The van der Waals surface area contributed by atoms with Crippen molar-refractivity contribution in [1.29, 1.82) is 0 Å². The largest absolute Gasteiger partial charge is 0.497 e. The summed E-state index contributed by atoms with van der Waals surface area (Å²) in [6, 6.07) is 10.1. The molecule has 27 heavy (non-hydrogen) atoms. The highest BCUT2D eigenvalue weighted by Crippen LogP contribution is 2.22. The average Bonchev–Trinajstić information content (AvgIpc) is 3.07. The Hall–Kier alpha value is -3.07. The summed E-state index contributed by atoms with van der Waals surface area (Å²) < 4.78 is 40.8. The maximum Gasteiger partial charge on any atom is 0.285 e. The van der Waals surface area contributed by atoms with Gasteiger partial charge in [-0.05, 0) is 42.5 Å². The molecule has 3 aromatic rings. The number of ether oxygens (including phenoxy) is 1. The Bertz CT molecular complexity index is 1120. The summed E-state index contributed by atoms with van der Waals surface area (Å²) in [5.74, 6) is -0.519. The lowest BCUT2D eigenvalue weighted by molar-refractivity contribution is 0.100. The van der Waals surface area contributed by atoms with E-state index < -0.39 is 21.5 Å². The maximum atomic E-state index is 14.3. The van der Waals surface area contributed by atoms with E-state index in [-0.39, 0.29) is 17.0 Å². The van der Waals surface area contributed by atoms with Crippen molar-refractivity contribution >= 4 is 15.6 Å². The van der Waals surface area contributed by atoms with Crippen LogP contribution >= 0.6 is 0 Å². The fraction of sp³-hybridized carbons (Fsp3) is 0.167. The first-order valence-electron chi connectivity index (χ1n) is 7.81. The Morgan fingerprint density at radius 1 is 1.22 bits per heavy atom. The zero-order valence-corrected chi connectivity index (χ0v) is 15.6. The normalized spacial score (nSPS) is 13.0. The van der Waals surface area contributed by atoms with Crippen molar-refractivity contribution in [3.63, 3.8) is 0 Å². The molecule has 140 valence electrons. The average molecular weight is 389 g/mol. The molecule has 0 N–H and O–H groups in total. The van der Waals surface area contributed by atoms with E-state index in [1.54, 1.807) is 31.2 Å². The molecule has 1 amide bonds. The van der Waals surface area contributed by atoms with Gasteiger partial charge in [0.25, 0.3) is 5.91 Å². The van der Waals surface area contributed by atoms with Crippen molar-refractivity contribution < 1.29 is 22.7 Å². The van der Waals surface area contributed by atoms with Crippen LogP contribution in [0.3, 0.4) is 0 Å². The second kappa shape index (κ2) is 7.28. The predicted octanol–water partition coefficient (Wildman–Crippen LogP) is 3.49. The topological polar surface area (TPSA) is 94.7 Å². The monoisotopic (exact) mass is 389 g/mol. The number of carbonyl (C=O) groups is 1. The van der Waals surface area contributed by atoms with Crippen molar-refractivity contribution in [2.45, 2.75) is 11.8 Å². The number of hydrogen-bond acceptors (Lipinski definition) is 6. The van der Waals surface area contributed by atoms with Gasteiger partial charge < -0.3 is 9.26 Å². The van der Waals surface area contributed by atoms with Gasteiger partial charge in [0.2, 0.25) is 11.7 Å². The van der Waals surface area contributed by atoms with Crippen molar-refractivity contribution in [2.24, 2.45) is 4.36 Å². The predicted molar refractivity (Wildman–Crippen MR) is 96.5 cm³/mol. The first-order valence-corrected chi connectivity index (χ1v) is 9.73. The molecule has 0 fully saturated rings. The summed E-state index contributed by atoms with van der Waals surface area (Å²) in [6.45, 7) is 1.59. The van der Waals surface area contributed by atoms with Gasteiger partial charge in [-0.1, -0.05) is 5.16 Å². The second-order valence-corrected chi connectivity index (χ2v) is 7.97. The third kappa shape index (κ3) is 4.03. The van der Waals surface area contributed by atoms with E-state index in [0.717, 1.165) is 6.07 Å². The molecule has 0 spiro atoms. The van der Waals surface area contributed by atoms with Crippen LogP contribution in [0, 0.1) is 12.7 Å². The van der Waals surface area contributed by atoms with Gasteiger partial charge in [0.05, 0.1) is 22.4 Å². The Morgan fingerprint density at radius 2 is 1.93 bits per heavy atom. The molecule has 7 nitrogen and oxygen atoms in total. The summed E-state index contributed by atoms with van der Waals surface area (Å²) in [7, 11) is -1.48. The zero-order valence-electron chi connectivity index (χ0n) is 14.8. The highest BCUT2D eigenvalue weighted by molar-refractivity contribution is 7.93. The fourth-order valence-corrected chi connectivity index (χ4v) is 3.50. The number of methoxy groups -OCH3 is 1. The van der Waals surface area contributed by atoms with E-state index >= 15 is 0 Å². The van der Waals surface area contributed by atoms with Crippen LogP contribution in [0.1, 0.15) is 16.2 Å². The molecule has 0 radical (unpaired) electrons. The smallest absolute Gasteiger partial charge is 0.285 e. The summed E-state index contributed by atoms with van der Waals surface area (Å²) in [4.78, 5) is 16.7. The van der Waals surface area contributed by atoms with Crippen molar-refractivity contribution in [1.82, 2.24) is 10.1 Å². The minimum absolute atomic E-state index is 0.0282. The van der Waals surface area contributed by atoms with Gasteiger partial charge in [-0.2, -0.15) is 9.35 Å². The summed E-state index contributed by atoms with van der Waals surface area (Å²) in [5, 5.41) is 3.64. The summed E-state index contributed by atoms with van der Waals surface area (Å²) >= 11 is 0. The van der Waals surface area contributed by atoms with Gasteiger partial charge in [-0.15, -0.1) is 0 Å². The van der Waals surface area contributed by atoms with Gasteiger partial charge in [-0.25, -0.2) is 8.60 Å². The highest BCUT2D eigenvalue weighted by Gasteiger charge is 2.16. The van der Waals surface area contributed by atoms with Crippen LogP contribution < -0.4 is 4.74 Å². The van der Waals surface area contributed by atoms with Crippen LogP contribution in [0.5, 0.6) is 5.75 Å². The number of carbonyl (C=O) groups excluding carboxylic acids is 1. The summed E-state index contributed by atoms with van der Waals surface area (Å²) in [5.41, 5.74) is 0.0651. The Balaban J connectivity index is 1.91. The van der Waals surface area contributed by atoms with Crippen LogP contribution in [0.25, 0.3) is 11.4 Å². The van der Waals surface area contributed by atoms with Gasteiger partial charge in [-0.3, -0.25) is 4.79 Å². The molecule has 0 saturated heterocycles. The number of benzene rings is 2. The number of halogens is 1. The number of hydrogen-bond donors (Lipinski definition) is 0. The first-order chi connectivity index (χ1) is 12.8. The zero-order chi connectivity index (χ0) is 19.6.